The number of amides is 1. The largest absolute Gasteiger partial charge is 0.444 e. The van der Waals surface area contributed by atoms with Crippen LogP contribution in [0.4, 0.5) is 4.79 Å². The molecule has 31 heavy (non-hydrogen) atoms. The zero-order chi connectivity index (χ0) is 22.3. The Morgan fingerprint density at radius 2 is 1.68 bits per heavy atom. The van der Waals surface area contributed by atoms with Crippen LogP contribution >= 0.6 is 0 Å². The van der Waals surface area contributed by atoms with Gasteiger partial charge in [-0.2, -0.15) is 0 Å². The predicted molar refractivity (Wildman–Crippen MR) is 119 cm³/mol. The van der Waals surface area contributed by atoms with Crippen LogP contribution in [0.1, 0.15) is 44.7 Å². The predicted octanol–water partition coefficient (Wildman–Crippen LogP) is 4.59. The Morgan fingerprint density at radius 3 is 2.32 bits per heavy atom. The molecule has 0 saturated carbocycles. The van der Waals surface area contributed by atoms with Crippen LogP contribution in [0, 0.1) is 11.8 Å². The lowest BCUT2D eigenvalue weighted by Crippen LogP contribution is -2.41. The molecule has 1 saturated heterocycles. The molecule has 1 heterocycles. The minimum Gasteiger partial charge on any atom is -0.444 e. The molecule has 2 aromatic carbocycles. The summed E-state index contributed by atoms with van der Waals surface area (Å²) in [4.78, 5) is 26.9. The Morgan fingerprint density at radius 1 is 1.03 bits per heavy atom. The van der Waals surface area contributed by atoms with Gasteiger partial charge in [-0.3, -0.25) is 4.79 Å². The second kappa shape index (κ2) is 10.3. The first-order valence-electron chi connectivity index (χ1n) is 10.6. The van der Waals surface area contributed by atoms with Crippen LogP contribution < -0.4 is 0 Å². The van der Waals surface area contributed by atoms with Crippen LogP contribution in [0.3, 0.4) is 0 Å². The molecule has 0 aliphatic carbocycles. The summed E-state index contributed by atoms with van der Waals surface area (Å²) >= 11 is 0. The maximum absolute atomic E-state index is 12.8. The van der Waals surface area contributed by atoms with Gasteiger partial charge in [0.05, 0.1) is 19.3 Å². The first-order valence-corrected chi connectivity index (χ1v) is 10.6. The van der Waals surface area contributed by atoms with Crippen molar-refractivity contribution in [2.24, 2.45) is 0 Å². The Labute approximate surface area is 184 Å². The minimum absolute atomic E-state index is 0.157. The first kappa shape index (κ1) is 22.6. The van der Waals surface area contributed by atoms with Crippen molar-refractivity contribution in [2.75, 3.05) is 6.54 Å². The van der Waals surface area contributed by atoms with E-state index in [0.29, 0.717) is 19.6 Å². The van der Waals surface area contributed by atoms with Gasteiger partial charge in [0.15, 0.2) is 0 Å². The number of hydrogen-bond donors (Lipinski definition) is 0. The highest BCUT2D eigenvalue weighted by Crippen LogP contribution is 2.26. The molecule has 1 fully saturated rings. The average Bonchev–Trinajstić information content (AvgIpc) is 3.14. The Bertz CT molecular complexity index is 938. The van der Waals surface area contributed by atoms with E-state index >= 15 is 0 Å². The van der Waals surface area contributed by atoms with Crippen LogP contribution in [0.25, 0.3) is 0 Å². The molecule has 1 amide bonds. The highest BCUT2D eigenvalue weighted by atomic mass is 16.6. The number of hydrogen-bond acceptors (Lipinski definition) is 4. The molecule has 5 heteroatoms. The minimum atomic E-state index is -0.609. The summed E-state index contributed by atoms with van der Waals surface area (Å²) in [5.74, 6) is 5.39. The number of carbonyl (C=O) groups is 2. The van der Waals surface area contributed by atoms with Gasteiger partial charge in [-0.05, 0) is 50.8 Å². The number of Topliss-reactive ketones (excluding diaryl/α,β-unsaturated/α-hetero) is 1. The Kier molecular flexibility index (Phi) is 7.49. The number of nitrogens with zero attached hydrogens (tertiary/aromatic N) is 1. The van der Waals surface area contributed by atoms with Crippen molar-refractivity contribution in [1.82, 2.24) is 4.90 Å². The van der Waals surface area contributed by atoms with Gasteiger partial charge in [0.1, 0.15) is 5.60 Å². The normalized spacial score (nSPS) is 18.2. The van der Waals surface area contributed by atoms with Crippen molar-refractivity contribution in [3.05, 3.63) is 71.8 Å². The molecule has 0 radical (unpaired) electrons. The fraction of sp³-hybridized carbons (Fsp3) is 0.385. The fourth-order valence-electron chi connectivity index (χ4n) is 3.45. The molecule has 162 valence electrons. The fourth-order valence-corrected chi connectivity index (χ4v) is 3.45. The van der Waals surface area contributed by atoms with Gasteiger partial charge in [0.2, 0.25) is 5.78 Å². The molecule has 0 N–H and O–H groups in total. The van der Waals surface area contributed by atoms with E-state index in [4.69, 9.17) is 9.47 Å². The van der Waals surface area contributed by atoms with Crippen molar-refractivity contribution in [1.29, 1.82) is 0 Å². The summed E-state index contributed by atoms with van der Waals surface area (Å²) in [5.41, 5.74) is 1.25. The monoisotopic (exact) mass is 419 g/mol. The second-order valence-electron chi connectivity index (χ2n) is 8.68. The summed E-state index contributed by atoms with van der Waals surface area (Å²) in [6.45, 7) is 6.34. The van der Waals surface area contributed by atoms with Crippen molar-refractivity contribution >= 4 is 11.9 Å². The SMILES string of the molecule is CC(C)(C)OC(=O)N1C[C@H](OCc2ccccc2)C[C@H]1CC(=O)C#Cc1ccccc1. The van der Waals surface area contributed by atoms with Gasteiger partial charge in [0.25, 0.3) is 0 Å². The van der Waals surface area contributed by atoms with Crippen LogP contribution in [0.15, 0.2) is 60.7 Å². The van der Waals surface area contributed by atoms with Crippen molar-refractivity contribution in [3.8, 4) is 11.8 Å². The van der Waals surface area contributed by atoms with E-state index in [-0.39, 0.29) is 24.3 Å². The van der Waals surface area contributed by atoms with Gasteiger partial charge >= 0.3 is 6.09 Å². The van der Waals surface area contributed by atoms with Crippen LogP contribution in [-0.4, -0.2) is 41.1 Å². The molecule has 2 aromatic rings. The molecular weight excluding hydrogens is 390 g/mol. The van der Waals surface area contributed by atoms with Crippen molar-refractivity contribution in [3.63, 3.8) is 0 Å². The maximum atomic E-state index is 12.8. The lowest BCUT2D eigenvalue weighted by molar-refractivity contribution is -0.114. The van der Waals surface area contributed by atoms with Crippen molar-refractivity contribution in [2.45, 2.75) is 58.0 Å². The number of rotatable bonds is 5. The summed E-state index contributed by atoms with van der Waals surface area (Å²) in [6, 6.07) is 19.0. The van der Waals surface area contributed by atoms with E-state index in [1.54, 1.807) is 4.90 Å². The number of likely N-dealkylation sites (tertiary alicyclic amines) is 1. The van der Waals surface area contributed by atoms with Gasteiger partial charge in [-0.1, -0.05) is 54.5 Å². The number of ketones is 1. The number of carbonyl (C=O) groups excluding carboxylic acids is 2. The van der Waals surface area contributed by atoms with E-state index in [0.717, 1.165) is 11.1 Å². The summed E-state index contributed by atoms with van der Waals surface area (Å²) in [7, 11) is 0. The second-order valence-corrected chi connectivity index (χ2v) is 8.68. The average molecular weight is 420 g/mol. The zero-order valence-electron chi connectivity index (χ0n) is 18.3. The van der Waals surface area contributed by atoms with E-state index < -0.39 is 11.7 Å². The molecule has 0 bridgehead atoms. The zero-order valence-corrected chi connectivity index (χ0v) is 18.3. The highest BCUT2D eigenvalue weighted by molar-refractivity contribution is 5.96. The molecular formula is C26H29NO4. The molecule has 1 aliphatic rings. The van der Waals surface area contributed by atoms with Gasteiger partial charge in [-0.15, -0.1) is 0 Å². The standard InChI is InChI=1S/C26H29NO4/c1-26(2,3)31-25(29)27-18-24(30-19-21-12-8-5-9-13-21)17-22(27)16-23(28)15-14-20-10-6-4-7-11-20/h4-13,22,24H,16-19H2,1-3H3/t22-,24-/m1/s1. The molecule has 5 nitrogen and oxygen atoms in total. The van der Waals surface area contributed by atoms with Crippen LogP contribution in [0.2, 0.25) is 0 Å². The van der Waals surface area contributed by atoms with Gasteiger partial charge < -0.3 is 14.4 Å². The smallest absolute Gasteiger partial charge is 0.410 e. The Hall–Kier alpha value is -3.10. The molecule has 2 atom stereocenters. The van der Waals surface area contributed by atoms with Crippen LogP contribution in [-0.2, 0) is 20.9 Å². The van der Waals surface area contributed by atoms with E-state index in [9.17, 15) is 9.59 Å². The highest BCUT2D eigenvalue weighted by Gasteiger charge is 2.38. The van der Waals surface area contributed by atoms with Gasteiger partial charge in [-0.25, -0.2) is 4.79 Å². The summed E-state index contributed by atoms with van der Waals surface area (Å²) < 4.78 is 11.6. The number of benzene rings is 2. The van der Waals surface area contributed by atoms with E-state index in [2.05, 4.69) is 11.8 Å². The molecule has 1 aliphatic heterocycles. The van der Waals surface area contributed by atoms with E-state index in [1.165, 1.54) is 0 Å². The summed E-state index contributed by atoms with van der Waals surface area (Å²) in [5, 5.41) is 0. The molecule has 0 aromatic heterocycles. The van der Waals surface area contributed by atoms with Crippen LogP contribution in [0.5, 0.6) is 0 Å². The molecule has 3 rings (SSSR count). The topological polar surface area (TPSA) is 55.8 Å². The third-order valence-corrected chi connectivity index (χ3v) is 4.87. The summed E-state index contributed by atoms with van der Waals surface area (Å²) in [6.07, 6.45) is 0.148. The van der Waals surface area contributed by atoms with Gasteiger partial charge in [0, 0.05) is 18.0 Å². The van der Waals surface area contributed by atoms with Crippen molar-refractivity contribution < 1.29 is 19.1 Å². The lowest BCUT2D eigenvalue weighted by atomic mass is 10.1. The Balaban J connectivity index is 1.65. The quantitative estimate of drug-likeness (QED) is 0.665. The maximum Gasteiger partial charge on any atom is 0.410 e. The first-order chi connectivity index (χ1) is 14.8. The molecule has 0 spiro atoms. The lowest BCUT2D eigenvalue weighted by Gasteiger charge is -2.28. The molecule has 0 unspecified atom stereocenters. The van der Waals surface area contributed by atoms with E-state index in [1.807, 2.05) is 81.4 Å². The third-order valence-electron chi connectivity index (χ3n) is 4.87. The third kappa shape index (κ3) is 7.27. The number of ether oxygens (including phenoxy) is 2.